The van der Waals surface area contributed by atoms with Crippen molar-refractivity contribution in [1.29, 1.82) is 0 Å². The second kappa shape index (κ2) is 6.75. The van der Waals surface area contributed by atoms with Gasteiger partial charge in [0.05, 0.1) is 16.6 Å². The molecule has 0 aliphatic carbocycles. The molecular weight excluding hydrogens is 314 g/mol. The van der Waals surface area contributed by atoms with E-state index in [1.165, 1.54) is 0 Å². The molecule has 132 valence electrons. The minimum atomic E-state index is -0.0842. The van der Waals surface area contributed by atoms with Crippen LogP contribution in [0.4, 0.5) is 0 Å². The van der Waals surface area contributed by atoms with Gasteiger partial charge in [0.2, 0.25) is 0 Å². The first-order valence-electron chi connectivity index (χ1n) is 8.70. The van der Waals surface area contributed by atoms with Crippen LogP contribution in [-0.4, -0.2) is 22.0 Å². The summed E-state index contributed by atoms with van der Waals surface area (Å²) in [7, 11) is 0. The zero-order valence-corrected chi connectivity index (χ0v) is 15.5. The van der Waals surface area contributed by atoms with Crippen LogP contribution in [0.2, 0.25) is 0 Å². The molecule has 0 unspecified atom stereocenters. The zero-order chi connectivity index (χ0) is 18.1. The molecule has 3 aromatic rings. The van der Waals surface area contributed by atoms with Crippen LogP contribution in [0.25, 0.3) is 11.0 Å². The van der Waals surface area contributed by atoms with Crippen molar-refractivity contribution < 1.29 is 9.21 Å². The van der Waals surface area contributed by atoms with E-state index in [4.69, 9.17) is 9.40 Å². The number of benzene rings is 1. The van der Waals surface area contributed by atoms with E-state index < -0.39 is 0 Å². The Kier molecular flexibility index (Phi) is 4.66. The third-order valence-electron chi connectivity index (χ3n) is 4.61. The first-order valence-corrected chi connectivity index (χ1v) is 8.70. The molecule has 0 aliphatic heterocycles. The summed E-state index contributed by atoms with van der Waals surface area (Å²) in [6.07, 6.45) is 0.688. The topological polar surface area (TPSA) is 60.1 Å². The third-order valence-corrected chi connectivity index (χ3v) is 4.61. The predicted molar refractivity (Wildman–Crippen MR) is 99.1 cm³/mol. The molecule has 2 heterocycles. The van der Waals surface area contributed by atoms with Crippen LogP contribution < -0.4 is 5.32 Å². The lowest BCUT2D eigenvalue weighted by molar-refractivity contribution is 0.0952. The Hall–Kier alpha value is -2.56. The van der Waals surface area contributed by atoms with Crippen LogP contribution in [0, 0.1) is 20.8 Å². The second-order valence-corrected chi connectivity index (χ2v) is 6.70. The van der Waals surface area contributed by atoms with Crippen LogP contribution in [0.5, 0.6) is 0 Å². The Bertz CT molecular complexity index is 919. The molecule has 0 bridgehead atoms. The van der Waals surface area contributed by atoms with E-state index in [0.717, 1.165) is 28.2 Å². The van der Waals surface area contributed by atoms with E-state index in [1.807, 2.05) is 39.0 Å². The predicted octanol–water partition coefficient (Wildman–Crippen LogP) is 4.11. The first kappa shape index (κ1) is 17.3. The van der Waals surface area contributed by atoms with Crippen LogP contribution in [-0.2, 0) is 6.42 Å². The highest BCUT2D eigenvalue weighted by Gasteiger charge is 2.19. The lowest BCUT2D eigenvalue weighted by atomic mass is 10.1. The minimum absolute atomic E-state index is 0.0842. The number of hydrogen-bond donors (Lipinski definition) is 1. The summed E-state index contributed by atoms with van der Waals surface area (Å²) in [6.45, 7) is 10.5. The van der Waals surface area contributed by atoms with Crippen LogP contribution >= 0.6 is 0 Å². The van der Waals surface area contributed by atoms with Gasteiger partial charge in [-0.3, -0.25) is 4.79 Å². The average molecular weight is 339 g/mol. The average Bonchev–Trinajstić information content (AvgIpc) is 3.04. The molecule has 0 atom stereocenters. The Labute approximate surface area is 148 Å². The Morgan fingerprint density at radius 3 is 2.56 bits per heavy atom. The molecule has 0 radical (unpaired) electrons. The molecule has 0 saturated carbocycles. The van der Waals surface area contributed by atoms with Gasteiger partial charge in [0, 0.05) is 24.6 Å². The van der Waals surface area contributed by atoms with Crippen molar-refractivity contribution in [3.63, 3.8) is 0 Å². The van der Waals surface area contributed by atoms with Crippen molar-refractivity contribution in [3.8, 4) is 0 Å². The third kappa shape index (κ3) is 3.18. The standard InChI is InChI=1S/C20H25N3O2/c1-12(2)23-17-9-7-6-8-16(17)22-18(23)10-11-21-20(24)19-13(3)14(4)25-15(19)5/h6-9,12H,10-11H2,1-5H3,(H,21,24). The number of nitrogens with zero attached hydrogens (tertiary/aromatic N) is 2. The highest BCUT2D eigenvalue weighted by atomic mass is 16.3. The summed E-state index contributed by atoms with van der Waals surface area (Å²) in [5.74, 6) is 2.37. The van der Waals surface area contributed by atoms with Gasteiger partial charge in [-0.25, -0.2) is 4.98 Å². The van der Waals surface area contributed by atoms with E-state index in [0.29, 0.717) is 30.3 Å². The van der Waals surface area contributed by atoms with Crippen molar-refractivity contribution in [1.82, 2.24) is 14.9 Å². The largest absolute Gasteiger partial charge is 0.466 e. The number of para-hydroxylation sites is 2. The van der Waals surface area contributed by atoms with E-state index in [9.17, 15) is 4.79 Å². The molecule has 0 fully saturated rings. The lowest BCUT2D eigenvalue weighted by Crippen LogP contribution is -2.27. The fourth-order valence-electron chi connectivity index (χ4n) is 3.35. The Morgan fingerprint density at radius 2 is 1.92 bits per heavy atom. The summed E-state index contributed by atoms with van der Waals surface area (Å²) in [6, 6.07) is 8.46. The van der Waals surface area contributed by atoms with Gasteiger partial charge < -0.3 is 14.3 Å². The minimum Gasteiger partial charge on any atom is -0.466 e. The number of aryl methyl sites for hydroxylation is 2. The first-order chi connectivity index (χ1) is 11.9. The Balaban J connectivity index is 1.75. The zero-order valence-electron chi connectivity index (χ0n) is 15.5. The fraction of sp³-hybridized carbons (Fsp3) is 0.400. The molecule has 0 saturated heterocycles. The van der Waals surface area contributed by atoms with Crippen LogP contribution in [0.15, 0.2) is 28.7 Å². The number of imidazole rings is 1. The Morgan fingerprint density at radius 1 is 1.20 bits per heavy atom. The normalized spacial score (nSPS) is 11.4. The van der Waals surface area contributed by atoms with Gasteiger partial charge in [0.1, 0.15) is 17.3 Å². The molecule has 2 aromatic heterocycles. The van der Waals surface area contributed by atoms with Crippen LogP contribution in [0.3, 0.4) is 0 Å². The number of hydrogen-bond acceptors (Lipinski definition) is 3. The van der Waals surface area contributed by atoms with E-state index in [-0.39, 0.29) is 5.91 Å². The van der Waals surface area contributed by atoms with Crippen molar-refractivity contribution in [2.45, 2.75) is 47.1 Å². The van der Waals surface area contributed by atoms with Gasteiger partial charge >= 0.3 is 0 Å². The summed E-state index contributed by atoms with van der Waals surface area (Å²) in [5.41, 5.74) is 3.69. The molecule has 3 rings (SSSR count). The van der Waals surface area contributed by atoms with E-state index in [1.54, 1.807) is 0 Å². The lowest BCUT2D eigenvalue weighted by Gasteiger charge is -2.13. The smallest absolute Gasteiger partial charge is 0.255 e. The molecule has 0 aliphatic rings. The second-order valence-electron chi connectivity index (χ2n) is 6.70. The summed E-state index contributed by atoms with van der Waals surface area (Å²) < 4.78 is 7.78. The molecular formula is C20H25N3O2. The number of rotatable bonds is 5. The van der Waals surface area contributed by atoms with Crippen molar-refractivity contribution >= 4 is 16.9 Å². The van der Waals surface area contributed by atoms with Crippen molar-refractivity contribution in [3.05, 3.63) is 52.7 Å². The van der Waals surface area contributed by atoms with Crippen LogP contribution in [0.1, 0.15) is 53.2 Å². The number of carbonyl (C=O) groups excluding carboxylic acids is 1. The highest BCUT2D eigenvalue weighted by molar-refractivity contribution is 5.96. The number of amides is 1. The maximum atomic E-state index is 12.5. The number of nitrogens with one attached hydrogen (secondary N) is 1. The van der Waals surface area contributed by atoms with Crippen molar-refractivity contribution in [2.75, 3.05) is 6.54 Å². The van der Waals surface area contributed by atoms with E-state index >= 15 is 0 Å². The molecule has 1 aromatic carbocycles. The summed E-state index contributed by atoms with van der Waals surface area (Å²) in [4.78, 5) is 17.2. The van der Waals surface area contributed by atoms with Gasteiger partial charge in [-0.2, -0.15) is 0 Å². The molecule has 25 heavy (non-hydrogen) atoms. The molecule has 5 nitrogen and oxygen atoms in total. The molecule has 1 N–H and O–H groups in total. The monoisotopic (exact) mass is 339 g/mol. The highest BCUT2D eigenvalue weighted by Crippen LogP contribution is 2.22. The van der Waals surface area contributed by atoms with Gasteiger partial charge in [-0.1, -0.05) is 12.1 Å². The number of fused-ring (bicyclic) bond motifs is 1. The SMILES string of the molecule is Cc1oc(C)c(C(=O)NCCc2nc3ccccc3n2C(C)C)c1C. The number of aromatic nitrogens is 2. The van der Waals surface area contributed by atoms with Gasteiger partial charge in [0.25, 0.3) is 5.91 Å². The van der Waals surface area contributed by atoms with Gasteiger partial charge in [0.15, 0.2) is 0 Å². The number of furan rings is 1. The maximum Gasteiger partial charge on any atom is 0.255 e. The number of carbonyl (C=O) groups is 1. The molecule has 5 heteroatoms. The quantitative estimate of drug-likeness (QED) is 0.761. The van der Waals surface area contributed by atoms with E-state index in [2.05, 4.69) is 29.8 Å². The summed E-state index contributed by atoms with van der Waals surface area (Å²) in [5, 5.41) is 3.00. The fourth-order valence-corrected chi connectivity index (χ4v) is 3.35. The van der Waals surface area contributed by atoms with Crippen molar-refractivity contribution in [2.24, 2.45) is 0 Å². The molecule has 1 amide bonds. The molecule has 0 spiro atoms. The van der Waals surface area contributed by atoms with Gasteiger partial charge in [-0.15, -0.1) is 0 Å². The maximum absolute atomic E-state index is 12.5. The summed E-state index contributed by atoms with van der Waals surface area (Å²) >= 11 is 0. The van der Waals surface area contributed by atoms with Gasteiger partial charge in [-0.05, 0) is 46.8 Å².